The summed E-state index contributed by atoms with van der Waals surface area (Å²) in [7, 11) is 0. The standard InChI is InChI=1S/C10H18O3/c1-3-5-11-7-9-13-10-8-12-6-4-2/h3-4H,1-2,5-10H2. The normalized spacial score (nSPS) is 9.85. The van der Waals surface area contributed by atoms with Crippen molar-refractivity contribution in [3.05, 3.63) is 25.3 Å². The zero-order valence-electron chi connectivity index (χ0n) is 8.04. The summed E-state index contributed by atoms with van der Waals surface area (Å²) < 4.78 is 15.4. The molecule has 0 rings (SSSR count). The number of hydrogen-bond donors (Lipinski definition) is 0. The first-order valence-corrected chi connectivity index (χ1v) is 4.37. The fourth-order valence-electron chi connectivity index (χ4n) is 0.671. The van der Waals surface area contributed by atoms with Gasteiger partial charge in [0.25, 0.3) is 0 Å². The van der Waals surface area contributed by atoms with Gasteiger partial charge in [0.15, 0.2) is 0 Å². The molecule has 3 heteroatoms. The summed E-state index contributed by atoms with van der Waals surface area (Å²) in [6, 6.07) is 0. The van der Waals surface area contributed by atoms with Crippen molar-refractivity contribution in [1.82, 2.24) is 0 Å². The van der Waals surface area contributed by atoms with Gasteiger partial charge >= 0.3 is 0 Å². The molecule has 0 bridgehead atoms. The van der Waals surface area contributed by atoms with E-state index in [1.165, 1.54) is 0 Å². The lowest BCUT2D eigenvalue weighted by Crippen LogP contribution is -2.09. The Morgan fingerprint density at radius 1 is 0.692 bits per heavy atom. The van der Waals surface area contributed by atoms with Crippen LogP contribution in [0.4, 0.5) is 0 Å². The van der Waals surface area contributed by atoms with E-state index < -0.39 is 0 Å². The highest BCUT2D eigenvalue weighted by Gasteiger charge is 1.88. The van der Waals surface area contributed by atoms with Crippen LogP contribution in [0.25, 0.3) is 0 Å². The first kappa shape index (κ1) is 12.4. The van der Waals surface area contributed by atoms with E-state index in [0.29, 0.717) is 39.6 Å². The van der Waals surface area contributed by atoms with Crippen LogP contribution in [0.5, 0.6) is 0 Å². The van der Waals surface area contributed by atoms with E-state index in [4.69, 9.17) is 14.2 Å². The van der Waals surface area contributed by atoms with Gasteiger partial charge in [-0.15, -0.1) is 13.2 Å². The van der Waals surface area contributed by atoms with Crippen molar-refractivity contribution in [2.45, 2.75) is 0 Å². The third kappa shape index (κ3) is 11.4. The molecule has 0 aromatic heterocycles. The van der Waals surface area contributed by atoms with E-state index in [1.807, 2.05) is 0 Å². The second kappa shape index (κ2) is 11.4. The molecule has 0 aromatic rings. The highest BCUT2D eigenvalue weighted by Crippen LogP contribution is 1.81. The number of rotatable bonds is 10. The zero-order chi connectivity index (χ0) is 9.78. The molecule has 0 fully saturated rings. The average Bonchev–Trinajstić information content (AvgIpc) is 2.16. The maximum atomic E-state index is 5.21. The molecule has 76 valence electrons. The lowest BCUT2D eigenvalue weighted by atomic mass is 10.6. The Balaban J connectivity index is 2.83. The van der Waals surface area contributed by atoms with Crippen LogP contribution < -0.4 is 0 Å². The van der Waals surface area contributed by atoms with Crippen LogP contribution in [0, 0.1) is 0 Å². The van der Waals surface area contributed by atoms with E-state index in [9.17, 15) is 0 Å². The maximum absolute atomic E-state index is 5.21. The fourth-order valence-corrected chi connectivity index (χ4v) is 0.671. The molecule has 3 nitrogen and oxygen atoms in total. The van der Waals surface area contributed by atoms with Gasteiger partial charge in [0, 0.05) is 0 Å². The van der Waals surface area contributed by atoms with Gasteiger partial charge in [-0.2, -0.15) is 0 Å². The second-order valence-corrected chi connectivity index (χ2v) is 2.34. The first-order valence-electron chi connectivity index (χ1n) is 4.37. The summed E-state index contributed by atoms with van der Waals surface area (Å²) in [5, 5.41) is 0. The smallest absolute Gasteiger partial charge is 0.0704 e. The van der Waals surface area contributed by atoms with Crippen molar-refractivity contribution < 1.29 is 14.2 Å². The summed E-state index contributed by atoms with van der Waals surface area (Å²) in [5.74, 6) is 0. The average molecular weight is 186 g/mol. The third-order valence-electron chi connectivity index (χ3n) is 1.22. The largest absolute Gasteiger partial charge is 0.377 e. The van der Waals surface area contributed by atoms with Crippen molar-refractivity contribution in [2.24, 2.45) is 0 Å². The molecule has 0 N–H and O–H groups in total. The minimum absolute atomic E-state index is 0.580. The van der Waals surface area contributed by atoms with Gasteiger partial charge in [-0.1, -0.05) is 12.2 Å². The Labute approximate surface area is 80.0 Å². The molecule has 0 aromatic carbocycles. The van der Waals surface area contributed by atoms with E-state index in [-0.39, 0.29) is 0 Å². The predicted molar refractivity (Wildman–Crippen MR) is 52.9 cm³/mol. The molecule has 0 radical (unpaired) electrons. The van der Waals surface area contributed by atoms with Gasteiger partial charge in [-0.3, -0.25) is 0 Å². The van der Waals surface area contributed by atoms with Gasteiger partial charge in [0.2, 0.25) is 0 Å². The van der Waals surface area contributed by atoms with E-state index in [0.717, 1.165) is 0 Å². The fraction of sp³-hybridized carbons (Fsp3) is 0.600. The van der Waals surface area contributed by atoms with Crippen LogP contribution in [0.1, 0.15) is 0 Å². The van der Waals surface area contributed by atoms with Gasteiger partial charge in [-0.05, 0) is 0 Å². The van der Waals surface area contributed by atoms with Crippen molar-refractivity contribution >= 4 is 0 Å². The summed E-state index contributed by atoms with van der Waals surface area (Å²) >= 11 is 0. The molecule has 0 saturated heterocycles. The second-order valence-electron chi connectivity index (χ2n) is 2.34. The van der Waals surface area contributed by atoms with Crippen LogP contribution in [0.15, 0.2) is 25.3 Å². The summed E-state index contributed by atoms with van der Waals surface area (Å²) in [6.45, 7) is 10.6. The Bertz CT molecular complexity index is 109. The maximum Gasteiger partial charge on any atom is 0.0704 e. The van der Waals surface area contributed by atoms with E-state index >= 15 is 0 Å². The summed E-state index contributed by atoms with van der Waals surface area (Å²) in [5.41, 5.74) is 0. The summed E-state index contributed by atoms with van der Waals surface area (Å²) in [6.07, 6.45) is 3.43. The Hall–Kier alpha value is -0.640. The van der Waals surface area contributed by atoms with Crippen molar-refractivity contribution in [3.63, 3.8) is 0 Å². The topological polar surface area (TPSA) is 27.7 Å². The lowest BCUT2D eigenvalue weighted by Gasteiger charge is -2.04. The van der Waals surface area contributed by atoms with Crippen molar-refractivity contribution in [3.8, 4) is 0 Å². The van der Waals surface area contributed by atoms with Crippen LogP contribution >= 0.6 is 0 Å². The van der Waals surface area contributed by atoms with E-state index in [2.05, 4.69) is 13.2 Å². The molecule has 0 saturated carbocycles. The Morgan fingerprint density at radius 3 is 1.46 bits per heavy atom. The van der Waals surface area contributed by atoms with Crippen LogP contribution in [-0.2, 0) is 14.2 Å². The van der Waals surface area contributed by atoms with Gasteiger partial charge in [-0.25, -0.2) is 0 Å². The molecule has 0 atom stereocenters. The first-order chi connectivity index (χ1) is 6.41. The molecule has 0 unspecified atom stereocenters. The van der Waals surface area contributed by atoms with Crippen molar-refractivity contribution in [2.75, 3.05) is 39.6 Å². The lowest BCUT2D eigenvalue weighted by molar-refractivity contribution is 0.0253. The monoisotopic (exact) mass is 186 g/mol. The van der Waals surface area contributed by atoms with E-state index in [1.54, 1.807) is 12.2 Å². The Kier molecular flexibility index (Phi) is 10.8. The molecule has 0 aliphatic heterocycles. The summed E-state index contributed by atoms with van der Waals surface area (Å²) in [4.78, 5) is 0. The van der Waals surface area contributed by atoms with Crippen LogP contribution in [0.3, 0.4) is 0 Å². The number of hydrogen-bond acceptors (Lipinski definition) is 3. The molecular weight excluding hydrogens is 168 g/mol. The third-order valence-corrected chi connectivity index (χ3v) is 1.22. The highest BCUT2D eigenvalue weighted by atomic mass is 16.5. The van der Waals surface area contributed by atoms with Crippen LogP contribution in [-0.4, -0.2) is 39.6 Å². The Morgan fingerprint density at radius 2 is 1.08 bits per heavy atom. The minimum Gasteiger partial charge on any atom is -0.377 e. The predicted octanol–water partition coefficient (Wildman–Crippen LogP) is 1.41. The molecule has 13 heavy (non-hydrogen) atoms. The molecule has 0 spiro atoms. The SMILES string of the molecule is C=CCOCCOCCOCC=C. The van der Waals surface area contributed by atoms with Gasteiger partial charge < -0.3 is 14.2 Å². The van der Waals surface area contributed by atoms with Crippen LogP contribution in [0.2, 0.25) is 0 Å². The zero-order valence-corrected chi connectivity index (χ0v) is 8.04. The highest BCUT2D eigenvalue weighted by molar-refractivity contribution is 4.64. The molecule has 0 aliphatic rings. The molecular formula is C10H18O3. The molecule has 0 heterocycles. The number of ether oxygens (including phenoxy) is 3. The molecule has 0 aliphatic carbocycles. The van der Waals surface area contributed by atoms with Gasteiger partial charge in [0.1, 0.15) is 0 Å². The van der Waals surface area contributed by atoms with Gasteiger partial charge in [0.05, 0.1) is 39.6 Å². The minimum atomic E-state index is 0.580. The van der Waals surface area contributed by atoms with Crippen molar-refractivity contribution in [1.29, 1.82) is 0 Å². The quantitative estimate of drug-likeness (QED) is 0.381. The molecule has 0 amide bonds.